The van der Waals surface area contributed by atoms with Gasteiger partial charge in [-0.3, -0.25) is 0 Å². The van der Waals surface area contributed by atoms with Crippen molar-refractivity contribution < 1.29 is 4.74 Å². The summed E-state index contributed by atoms with van der Waals surface area (Å²) in [6.45, 7) is 1.48. The number of ether oxygens (including phenoxy) is 1. The summed E-state index contributed by atoms with van der Waals surface area (Å²) in [5.74, 6) is 0.889. The van der Waals surface area contributed by atoms with Crippen molar-refractivity contribution in [3.05, 3.63) is 18.5 Å². The van der Waals surface area contributed by atoms with E-state index in [1.165, 1.54) is 11.0 Å². The van der Waals surface area contributed by atoms with Crippen molar-refractivity contribution in [2.24, 2.45) is 0 Å². The van der Waals surface area contributed by atoms with Gasteiger partial charge in [-0.2, -0.15) is 0 Å². The van der Waals surface area contributed by atoms with Gasteiger partial charge >= 0.3 is 0 Å². The summed E-state index contributed by atoms with van der Waals surface area (Å²) in [5.41, 5.74) is 0.764. The van der Waals surface area contributed by atoms with Crippen LogP contribution in [0.3, 0.4) is 0 Å². The lowest BCUT2D eigenvalue weighted by Crippen LogP contribution is -2.01. The number of alkyl halides is 1. The highest BCUT2D eigenvalue weighted by atomic mass is 79.9. The second kappa shape index (κ2) is 6.17. The first kappa shape index (κ1) is 11.8. The summed E-state index contributed by atoms with van der Waals surface area (Å²) in [4.78, 5) is 4.03. The molecule has 2 aromatic heterocycles. The number of fused-ring (bicyclic) bond motifs is 1. The van der Waals surface area contributed by atoms with E-state index in [0.717, 1.165) is 35.0 Å². The van der Waals surface area contributed by atoms with E-state index in [1.807, 2.05) is 12.1 Å². The van der Waals surface area contributed by atoms with Crippen molar-refractivity contribution in [3.8, 4) is 0 Å². The van der Waals surface area contributed by atoms with E-state index in [9.17, 15) is 0 Å². The maximum absolute atomic E-state index is 5.35. The minimum Gasteiger partial charge on any atom is -0.380 e. The van der Waals surface area contributed by atoms with Crippen LogP contribution in [0.15, 0.2) is 23.5 Å². The van der Waals surface area contributed by atoms with Gasteiger partial charge in [0.2, 0.25) is 0 Å². The fourth-order valence-corrected chi connectivity index (χ4v) is 2.08. The second-order valence-corrected chi connectivity index (χ2v) is 4.84. The topological polar surface area (TPSA) is 52.3 Å². The van der Waals surface area contributed by atoms with Gasteiger partial charge in [0.15, 0.2) is 5.65 Å². The van der Waals surface area contributed by atoms with Crippen LogP contribution in [0.1, 0.15) is 0 Å². The van der Waals surface area contributed by atoms with E-state index in [4.69, 9.17) is 4.74 Å². The Hall–Kier alpha value is -0.660. The molecule has 86 valence electrons. The van der Waals surface area contributed by atoms with E-state index < -0.39 is 0 Å². The molecule has 0 spiro atoms. The SMILES string of the molecule is BrCCOCCSc1ccc2ncnn2n1. The molecule has 0 fully saturated rings. The monoisotopic (exact) mass is 302 g/mol. The molecule has 0 N–H and O–H groups in total. The summed E-state index contributed by atoms with van der Waals surface area (Å²) in [6, 6.07) is 3.85. The Labute approximate surface area is 106 Å². The van der Waals surface area contributed by atoms with Crippen molar-refractivity contribution in [1.82, 2.24) is 19.8 Å². The summed E-state index contributed by atoms with van der Waals surface area (Å²) >= 11 is 4.96. The Bertz CT molecular complexity index is 450. The molecule has 0 aliphatic carbocycles. The number of nitrogens with zero attached hydrogens (tertiary/aromatic N) is 4. The van der Waals surface area contributed by atoms with Crippen LogP contribution in [0.25, 0.3) is 5.65 Å². The van der Waals surface area contributed by atoms with E-state index >= 15 is 0 Å². The molecule has 0 radical (unpaired) electrons. The maximum Gasteiger partial charge on any atom is 0.176 e. The minimum atomic E-state index is 0.730. The van der Waals surface area contributed by atoms with Gasteiger partial charge in [-0.1, -0.05) is 15.9 Å². The molecule has 16 heavy (non-hydrogen) atoms. The van der Waals surface area contributed by atoms with Crippen molar-refractivity contribution in [1.29, 1.82) is 0 Å². The third-order valence-corrected chi connectivity index (χ3v) is 3.03. The number of rotatable bonds is 6. The molecule has 0 aromatic carbocycles. The molecule has 0 unspecified atom stereocenters. The van der Waals surface area contributed by atoms with Crippen molar-refractivity contribution in [2.45, 2.75) is 5.03 Å². The molecule has 7 heteroatoms. The molecule has 0 saturated carbocycles. The van der Waals surface area contributed by atoms with Gasteiger partial charge in [-0.05, 0) is 12.1 Å². The summed E-state index contributed by atoms with van der Waals surface area (Å²) in [5, 5.41) is 10.1. The first-order valence-electron chi connectivity index (χ1n) is 4.84. The normalized spacial score (nSPS) is 11.1. The first-order chi connectivity index (χ1) is 7.90. The molecule has 0 aliphatic rings. The van der Waals surface area contributed by atoms with Gasteiger partial charge in [0, 0.05) is 11.1 Å². The van der Waals surface area contributed by atoms with E-state index in [2.05, 4.69) is 31.1 Å². The molecule has 2 rings (SSSR count). The second-order valence-electron chi connectivity index (χ2n) is 2.93. The van der Waals surface area contributed by atoms with E-state index in [-0.39, 0.29) is 0 Å². The van der Waals surface area contributed by atoms with E-state index in [0.29, 0.717) is 0 Å². The first-order valence-corrected chi connectivity index (χ1v) is 6.94. The highest BCUT2D eigenvalue weighted by molar-refractivity contribution is 9.09. The fraction of sp³-hybridized carbons (Fsp3) is 0.444. The van der Waals surface area contributed by atoms with Gasteiger partial charge < -0.3 is 4.74 Å². The molecule has 5 nitrogen and oxygen atoms in total. The quantitative estimate of drug-likeness (QED) is 0.461. The molecule has 2 heterocycles. The number of hydrogen-bond acceptors (Lipinski definition) is 5. The predicted octanol–water partition coefficient (Wildman–Crippen LogP) is 1.63. The Morgan fingerprint density at radius 2 is 2.31 bits per heavy atom. The van der Waals surface area contributed by atoms with Crippen molar-refractivity contribution in [2.75, 3.05) is 24.3 Å². The standard InChI is InChI=1S/C9H11BrN4OS/c10-3-4-15-5-6-16-9-2-1-8-11-7-12-14(8)13-9/h1-2,7H,3-6H2. The van der Waals surface area contributed by atoms with Crippen LogP contribution in [-0.2, 0) is 4.74 Å². The third-order valence-electron chi connectivity index (χ3n) is 1.82. The Kier molecular flexibility index (Phi) is 4.55. The minimum absolute atomic E-state index is 0.730. The maximum atomic E-state index is 5.35. The van der Waals surface area contributed by atoms with Crippen molar-refractivity contribution in [3.63, 3.8) is 0 Å². The van der Waals surface area contributed by atoms with Crippen LogP contribution in [0.5, 0.6) is 0 Å². The Morgan fingerprint density at radius 3 is 3.19 bits per heavy atom. The molecular formula is C9H11BrN4OS. The highest BCUT2D eigenvalue weighted by Crippen LogP contribution is 2.14. The molecule has 0 aliphatic heterocycles. The highest BCUT2D eigenvalue weighted by Gasteiger charge is 2.00. The Morgan fingerprint density at radius 1 is 1.38 bits per heavy atom. The smallest absolute Gasteiger partial charge is 0.176 e. The third kappa shape index (κ3) is 3.16. The van der Waals surface area contributed by atoms with Crippen LogP contribution in [0.4, 0.5) is 0 Å². The summed E-state index contributed by atoms with van der Waals surface area (Å²) < 4.78 is 6.88. The zero-order valence-electron chi connectivity index (χ0n) is 8.54. The van der Waals surface area contributed by atoms with Crippen LogP contribution in [-0.4, -0.2) is 44.1 Å². The van der Waals surface area contributed by atoms with Crippen LogP contribution in [0, 0.1) is 0 Å². The average Bonchev–Trinajstić information content (AvgIpc) is 2.76. The fourth-order valence-electron chi connectivity index (χ4n) is 1.14. The summed E-state index contributed by atoms with van der Waals surface area (Å²) in [7, 11) is 0. The van der Waals surface area contributed by atoms with Crippen LogP contribution >= 0.6 is 27.7 Å². The van der Waals surface area contributed by atoms with E-state index in [1.54, 1.807) is 11.8 Å². The molecular weight excluding hydrogens is 292 g/mol. The van der Waals surface area contributed by atoms with Gasteiger partial charge in [0.25, 0.3) is 0 Å². The molecule has 0 amide bonds. The van der Waals surface area contributed by atoms with Crippen LogP contribution < -0.4 is 0 Å². The lowest BCUT2D eigenvalue weighted by atomic mass is 10.6. The Balaban J connectivity index is 1.84. The number of hydrogen-bond donors (Lipinski definition) is 0. The number of aromatic nitrogens is 4. The predicted molar refractivity (Wildman–Crippen MR) is 66.1 cm³/mol. The zero-order chi connectivity index (χ0) is 11.2. The number of halogens is 1. The van der Waals surface area contributed by atoms with Crippen LogP contribution in [0.2, 0.25) is 0 Å². The lowest BCUT2D eigenvalue weighted by Gasteiger charge is -2.01. The van der Waals surface area contributed by atoms with Gasteiger partial charge in [0.1, 0.15) is 11.4 Å². The average molecular weight is 303 g/mol. The zero-order valence-corrected chi connectivity index (χ0v) is 10.9. The molecule has 0 bridgehead atoms. The lowest BCUT2D eigenvalue weighted by molar-refractivity contribution is 0.168. The largest absolute Gasteiger partial charge is 0.380 e. The van der Waals surface area contributed by atoms with Gasteiger partial charge in [0.05, 0.1) is 13.2 Å². The summed E-state index contributed by atoms with van der Waals surface area (Å²) in [6.07, 6.45) is 1.50. The van der Waals surface area contributed by atoms with Crippen molar-refractivity contribution >= 4 is 33.3 Å². The molecule has 2 aromatic rings. The number of thioether (sulfide) groups is 1. The molecule has 0 atom stereocenters. The molecule has 0 saturated heterocycles. The van der Waals surface area contributed by atoms with Gasteiger partial charge in [-0.25, -0.2) is 4.98 Å². The van der Waals surface area contributed by atoms with Gasteiger partial charge in [-0.15, -0.1) is 26.6 Å².